The minimum atomic E-state index is 0.411. The lowest BCUT2D eigenvalue weighted by atomic mass is 9.48. The van der Waals surface area contributed by atoms with Crippen molar-refractivity contribution in [2.75, 3.05) is 7.05 Å². The minimum Gasteiger partial charge on any atom is -0.315 e. The number of hydrogen-bond donors (Lipinski definition) is 1. The second kappa shape index (κ2) is 4.01. The monoisotopic (exact) mass is 263 g/mol. The van der Waals surface area contributed by atoms with Gasteiger partial charge in [-0.25, -0.2) is 0 Å². The molecule has 4 heteroatoms. The van der Waals surface area contributed by atoms with E-state index in [-0.39, 0.29) is 0 Å². The normalized spacial score (nSPS) is 41.5. The van der Waals surface area contributed by atoms with E-state index in [9.17, 15) is 0 Å². The number of aromatic nitrogens is 2. The third kappa shape index (κ3) is 1.58. The summed E-state index contributed by atoms with van der Waals surface area (Å²) in [5, 5.41) is 7.83. The van der Waals surface area contributed by atoms with Gasteiger partial charge in [0.2, 0.25) is 0 Å². The smallest absolute Gasteiger partial charge is 0.0862 e. The van der Waals surface area contributed by atoms with Crippen LogP contribution in [-0.2, 0) is 12.0 Å². The van der Waals surface area contributed by atoms with E-state index in [1.165, 1.54) is 49.1 Å². The van der Waals surface area contributed by atoms with Crippen LogP contribution >= 0.6 is 11.5 Å². The molecule has 0 atom stereocenters. The van der Waals surface area contributed by atoms with Crippen molar-refractivity contribution in [2.45, 2.75) is 50.5 Å². The predicted octanol–water partition coefficient (Wildman–Crippen LogP) is 2.73. The Morgan fingerprint density at radius 1 is 1.17 bits per heavy atom. The Labute approximate surface area is 113 Å². The highest BCUT2D eigenvalue weighted by Crippen LogP contribution is 2.60. The Morgan fingerprint density at radius 2 is 1.78 bits per heavy atom. The first-order chi connectivity index (χ1) is 8.79. The lowest BCUT2D eigenvalue weighted by molar-refractivity contribution is -0.00760. The van der Waals surface area contributed by atoms with Crippen molar-refractivity contribution in [1.82, 2.24) is 14.9 Å². The lowest BCUT2D eigenvalue weighted by Gasteiger charge is -2.56. The van der Waals surface area contributed by atoms with Crippen LogP contribution in [0.5, 0.6) is 0 Å². The molecule has 1 aromatic rings. The molecule has 98 valence electrons. The van der Waals surface area contributed by atoms with Gasteiger partial charge in [0, 0.05) is 12.0 Å². The highest BCUT2D eigenvalue weighted by atomic mass is 32.1. The molecule has 1 heterocycles. The maximum atomic E-state index is 4.55. The van der Waals surface area contributed by atoms with Crippen LogP contribution in [0.4, 0.5) is 0 Å². The molecule has 4 aliphatic carbocycles. The van der Waals surface area contributed by atoms with Crippen LogP contribution in [0.2, 0.25) is 0 Å². The maximum absolute atomic E-state index is 4.55. The van der Waals surface area contributed by atoms with Gasteiger partial charge in [-0.3, -0.25) is 0 Å². The first kappa shape index (κ1) is 11.4. The van der Waals surface area contributed by atoms with Crippen molar-refractivity contribution in [3.63, 3.8) is 0 Å². The fourth-order valence-corrected chi connectivity index (χ4v) is 6.06. The summed E-state index contributed by atoms with van der Waals surface area (Å²) in [6, 6.07) is 0. The number of nitrogens with zero attached hydrogens (tertiary/aromatic N) is 2. The van der Waals surface area contributed by atoms with E-state index in [2.05, 4.69) is 14.9 Å². The van der Waals surface area contributed by atoms with Crippen LogP contribution in [0.3, 0.4) is 0 Å². The third-order valence-electron chi connectivity index (χ3n) is 5.43. The Kier molecular flexibility index (Phi) is 2.53. The summed E-state index contributed by atoms with van der Waals surface area (Å²) in [5.74, 6) is 2.96. The molecule has 0 radical (unpaired) electrons. The molecule has 4 aliphatic rings. The highest BCUT2D eigenvalue weighted by Gasteiger charge is 2.53. The van der Waals surface area contributed by atoms with Crippen molar-refractivity contribution in [3.05, 3.63) is 10.6 Å². The van der Waals surface area contributed by atoms with Gasteiger partial charge in [-0.15, -0.1) is 5.10 Å². The molecule has 1 aromatic heterocycles. The molecule has 0 saturated heterocycles. The molecule has 4 fully saturated rings. The topological polar surface area (TPSA) is 37.8 Å². The Bertz CT molecular complexity index is 418. The molecular formula is C14H21N3S. The molecule has 0 spiro atoms. The van der Waals surface area contributed by atoms with Gasteiger partial charge in [-0.05, 0) is 74.9 Å². The molecule has 18 heavy (non-hydrogen) atoms. The summed E-state index contributed by atoms with van der Waals surface area (Å²) in [4.78, 5) is 1.39. The summed E-state index contributed by atoms with van der Waals surface area (Å²) in [5.41, 5.74) is 1.77. The van der Waals surface area contributed by atoms with Crippen LogP contribution in [-0.4, -0.2) is 16.6 Å². The van der Waals surface area contributed by atoms with Crippen LogP contribution in [0, 0.1) is 17.8 Å². The van der Waals surface area contributed by atoms with Gasteiger partial charge in [0.25, 0.3) is 0 Å². The van der Waals surface area contributed by atoms with Gasteiger partial charge in [-0.1, -0.05) is 4.49 Å². The molecule has 5 rings (SSSR count). The molecule has 4 saturated carbocycles. The maximum Gasteiger partial charge on any atom is 0.0862 e. The number of rotatable bonds is 3. The predicted molar refractivity (Wildman–Crippen MR) is 72.5 cm³/mol. The Morgan fingerprint density at radius 3 is 2.33 bits per heavy atom. The Balaban J connectivity index is 1.72. The van der Waals surface area contributed by atoms with E-state index in [1.54, 1.807) is 11.5 Å². The molecule has 3 nitrogen and oxygen atoms in total. The van der Waals surface area contributed by atoms with Crippen molar-refractivity contribution >= 4 is 11.5 Å². The van der Waals surface area contributed by atoms with Crippen LogP contribution in [0.1, 0.15) is 49.1 Å². The van der Waals surface area contributed by atoms with Crippen molar-refractivity contribution in [1.29, 1.82) is 0 Å². The summed E-state index contributed by atoms with van der Waals surface area (Å²) >= 11 is 1.60. The van der Waals surface area contributed by atoms with Gasteiger partial charge in [-0.2, -0.15) is 0 Å². The summed E-state index contributed by atoms with van der Waals surface area (Å²) in [6.07, 6.45) is 8.66. The molecule has 0 aromatic carbocycles. The average Bonchev–Trinajstić information content (AvgIpc) is 2.76. The molecule has 1 N–H and O–H groups in total. The van der Waals surface area contributed by atoms with E-state index in [0.717, 1.165) is 24.3 Å². The van der Waals surface area contributed by atoms with Gasteiger partial charge in [0.15, 0.2) is 0 Å². The van der Waals surface area contributed by atoms with Gasteiger partial charge < -0.3 is 5.32 Å². The third-order valence-corrected chi connectivity index (χ3v) is 6.16. The second-order valence-corrected chi connectivity index (χ2v) is 7.61. The zero-order valence-electron chi connectivity index (χ0n) is 11.0. The quantitative estimate of drug-likeness (QED) is 0.911. The summed E-state index contributed by atoms with van der Waals surface area (Å²) in [7, 11) is 2.02. The van der Waals surface area contributed by atoms with Gasteiger partial charge in [0.1, 0.15) is 0 Å². The summed E-state index contributed by atoms with van der Waals surface area (Å²) < 4.78 is 4.25. The second-order valence-electron chi connectivity index (χ2n) is 6.77. The summed E-state index contributed by atoms with van der Waals surface area (Å²) in [6.45, 7) is 0.939. The first-order valence-electron chi connectivity index (χ1n) is 7.25. The van der Waals surface area contributed by atoms with Gasteiger partial charge >= 0.3 is 0 Å². The van der Waals surface area contributed by atoms with E-state index in [0.29, 0.717) is 5.41 Å². The van der Waals surface area contributed by atoms with Crippen molar-refractivity contribution in [3.8, 4) is 0 Å². The number of nitrogens with one attached hydrogen (secondary N) is 1. The Hall–Kier alpha value is -0.480. The van der Waals surface area contributed by atoms with E-state index in [1.807, 2.05) is 7.05 Å². The van der Waals surface area contributed by atoms with Crippen LogP contribution < -0.4 is 5.32 Å². The molecule has 0 aliphatic heterocycles. The van der Waals surface area contributed by atoms with E-state index in [4.69, 9.17) is 0 Å². The molecule has 0 amide bonds. The van der Waals surface area contributed by atoms with Crippen molar-refractivity contribution < 1.29 is 0 Å². The zero-order chi connectivity index (χ0) is 12.2. The average molecular weight is 263 g/mol. The van der Waals surface area contributed by atoms with Crippen molar-refractivity contribution in [2.24, 2.45) is 17.8 Å². The largest absolute Gasteiger partial charge is 0.315 e. The zero-order valence-corrected chi connectivity index (χ0v) is 11.8. The number of hydrogen-bond acceptors (Lipinski definition) is 4. The van der Waals surface area contributed by atoms with E-state index < -0.39 is 0 Å². The molecular weight excluding hydrogens is 242 g/mol. The molecule has 4 bridgehead atoms. The van der Waals surface area contributed by atoms with Crippen LogP contribution in [0.15, 0.2) is 0 Å². The SMILES string of the molecule is CNCc1snnc1C12CC3CC(CC(C3)C1)C2. The van der Waals surface area contributed by atoms with Gasteiger partial charge in [0.05, 0.1) is 10.6 Å². The highest BCUT2D eigenvalue weighted by molar-refractivity contribution is 7.05. The lowest BCUT2D eigenvalue weighted by Crippen LogP contribution is -2.49. The first-order valence-corrected chi connectivity index (χ1v) is 8.03. The van der Waals surface area contributed by atoms with E-state index >= 15 is 0 Å². The fourth-order valence-electron chi connectivity index (χ4n) is 5.29. The fraction of sp³-hybridized carbons (Fsp3) is 0.857. The van der Waals surface area contributed by atoms with Crippen LogP contribution in [0.25, 0.3) is 0 Å². The standard InChI is InChI=1S/C14H21N3S/c1-15-8-12-13(16-17-18-12)14-5-9-2-10(6-14)4-11(3-9)7-14/h9-11,15H,2-8H2,1H3. The minimum absolute atomic E-state index is 0.411. The molecule has 0 unspecified atom stereocenters.